The molecule has 0 spiro atoms. The van der Waals surface area contributed by atoms with Crippen LogP contribution in [0.2, 0.25) is 0 Å². The predicted octanol–water partition coefficient (Wildman–Crippen LogP) is 2.40. The predicted molar refractivity (Wildman–Crippen MR) is 121 cm³/mol. The summed E-state index contributed by atoms with van der Waals surface area (Å²) in [6.45, 7) is 2.29. The minimum atomic E-state index is -0.465. The summed E-state index contributed by atoms with van der Waals surface area (Å²) in [7, 11) is 0. The van der Waals surface area contributed by atoms with Gasteiger partial charge >= 0.3 is 0 Å². The summed E-state index contributed by atoms with van der Waals surface area (Å²) in [6.07, 6.45) is 6.55. The van der Waals surface area contributed by atoms with E-state index in [0.29, 0.717) is 17.1 Å². The highest BCUT2D eigenvalue weighted by atomic mass is 16.3. The van der Waals surface area contributed by atoms with Crippen LogP contribution in [0, 0.1) is 12.3 Å². The van der Waals surface area contributed by atoms with Gasteiger partial charge < -0.3 is 14.3 Å². The largest absolute Gasteiger partial charge is 0.467 e. The Hall–Kier alpha value is -4.53. The Morgan fingerprint density at radius 2 is 2.09 bits per heavy atom. The van der Waals surface area contributed by atoms with Crippen molar-refractivity contribution in [2.45, 2.75) is 20.0 Å². The molecule has 0 atom stereocenters. The molecule has 5 aromatic heterocycles. The Kier molecular flexibility index (Phi) is 5.06. The molecule has 9 nitrogen and oxygen atoms in total. The maximum Gasteiger partial charge on any atom is 0.267 e. The molecule has 0 radical (unpaired) electrons. The van der Waals surface area contributed by atoms with Crippen LogP contribution in [0.3, 0.4) is 0 Å². The molecule has 0 aliphatic heterocycles. The summed E-state index contributed by atoms with van der Waals surface area (Å²) in [5.74, 6) is 0.112. The van der Waals surface area contributed by atoms with E-state index in [0.717, 1.165) is 11.1 Å². The minimum absolute atomic E-state index is 0.0639. The summed E-state index contributed by atoms with van der Waals surface area (Å²) in [4.78, 5) is 35.1. The van der Waals surface area contributed by atoms with Gasteiger partial charge in [0, 0.05) is 25.1 Å². The molecule has 0 unspecified atom stereocenters. The number of amides is 1. The summed E-state index contributed by atoms with van der Waals surface area (Å²) in [6, 6.07) is 12.2. The maximum atomic E-state index is 13.3. The van der Waals surface area contributed by atoms with Crippen LogP contribution in [0.4, 0.5) is 0 Å². The number of aryl methyl sites for hydroxylation is 1. The number of nitrogens with one attached hydrogen (secondary N) is 2. The van der Waals surface area contributed by atoms with E-state index in [9.17, 15) is 9.59 Å². The number of furan rings is 1. The first-order valence-corrected chi connectivity index (χ1v) is 10.3. The van der Waals surface area contributed by atoms with Crippen LogP contribution in [-0.2, 0) is 13.1 Å². The van der Waals surface area contributed by atoms with E-state index >= 15 is 0 Å². The first-order valence-electron chi connectivity index (χ1n) is 10.3. The Labute approximate surface area is 187 Å². The smallest absolute Gasteiger partial charge is 0.267 e. The molecule has 0 saturated heterocycles. The van der Waals surface area contributed by atoms with Crippen LogP contribution in [0.15, 0.2) is 76.5 Å². The minimum Gasteiger partial charge on any atom is -0.467 e. The number of carbonyl (C=O) groups excluding carboxylic acids is 1. The van der Waals surface area contributed by atoms with Crippen molar-refractivity contribution in [3.05, 3.63) is 106 Å². The molecule has 0 bridgehead atoms. The normalized spacial score (nSPS) is 11.2. The lowest BCUT2D eigenvalue weighted by atomic mass is 10.2. The van der Waals surface area contributed by atoms with E-state index in [1.54, 1.807) is 42.9 Å². The van der Waals surface area contributed by atoms with E-state index in [4.69, 9.17) is 9.83 Å². The van der Waals surface area contributed by atoms with E-state index in [1.165, 1.54) is 21.3 Å². The molecule has 0 saturated carbocycles. The summed E-state index contributed by atoms with van der Waals surface area (Å²) < 4.78 is 8.43. The molecule has 2 N–H and O–H groups in total. The molecule has 0 aromatic carbocycles. The highest BCUT2D eigenvalue weighted by Gasteiger charge is 2.18. The van der Waals surface area contributed by atoms with Crippen molar-refractivity contribution in [3.63, 3.8) is 0 Å². The van der Waals surface area contributed by atoms with Gasteiger partial charge in [0.05, 0.1) is 23.8 Å². The van der Waals surface area contributed by atoms with Gasteiger partial charge in [-0.25, -0.2) is 4.98 Å². The molecule has 0 aliphatic carbocycles. The molecule has 5 heterocycles. The van der Waals surface area contributed by atoms with Crippen LogP contribution in [0.1, 0.15) is 27.2 Å². The summed E-state index contributed by atoms with van der Waals surface area (Å²) in [5, 5.41) is 11.8. The van der Waals surface area contributed by atoms with E-state index in [1.807, 2.05) is 19.1 Å². The fraction of sp³-hybridized carbons (Fsp3) is 0.125. The molecular weight excluding hydrogens is 420 g/mol. The third kappa shape index (κ3) is 3.80. The number of fused-ring (bicyclic) bond motifs is 2. The van der Waals surface area contributed by atoms with Gasteiger partial charge in [0.1, 0.15) is 22.5 Å². The number of hydrogen-bond acceptors (Lipinski definition) is 6. The fourth-order valence-electron chi connectivity index (χ4n) is 3.71. The summed E-state index contributed by atoms with van der Waals surface area (Å²) in [5.41, 5.74) is 2.20. The van der Waals surface area contributed by atoms with E-state index < -0.39 is 5.91 Å². The Balaban J connectivity index is 1.68. The number of aromatic nitrogens is 4. The van der Waals surface area contributed by atoms with Crippen LogP contribution >= 0.6 is 0 Å². The average Bonchev–Trinajstić information content (AvgIpc) is 3.34. The second kappa shape index (κ2) is 8.19. The molecule has 5 rings (SSSR count). The fourth-order valence-corrected chi connectivity index (χ4v) is 3.71. The molecule has 164 valence electrons. The van der Waals surface area contributed by atoms with Crippen molar-refractivity contribution in [2.24, 2.45) is 0 Å². The average molecular weight is 440 g/mol. The highest BCUT2D eigenvalue weighted by molar-refractivity contribution is 5.96. The molecule has 0 aliphatic rings. The monoisotopic (exact) mass is 440 g/mol. The van der Waals surface area contributed by atoms with Gasteiger partial charge in [-0.1, -0.05) is 12.1 Å². The van der Waals surface area contributed by atoms with Gasteiger partial charge in [-0.15, -0.1) is 0 Å². The zero-order chi connectivity index (χ0) is 22.9. The van der Waals surface area contributed by atoms with Crippen molar-refractivity contribution in [1.82, 2.24) is 24.3 Å². The molecule has 1 amide bonds. The Bertz CT molecular complexity index is 1600. The first kappa shape index (κ1) is 20.4. The van der Waals surface area contributed by atoms with Gasteiger partial charge in [0.15, 0.2) is 0 Å². The van der Waals surface area contributed by atoms with Crippen LogP contribution in [0.5, 0.6) is 0 Å². The Morgan fingerprint density at radius 3 is 2.85 bits per heavy atom. The molecular formula is C24H20N6O3. The first-order chi connectivity index (χ1) is 16.0. The standard InChI is InChI=1S/C24H20N6O3/c1-15-6-7-20-28-22-19(24(32)29(20)13-15)10-18(21(25)30(22)14-17-5-3-9-33-17)23(31)27-12-16-4-2-8-26-11-16/h2-11,13,25H,12,14H2,1H3,(H,27,31). The summed E-state index contributed by atoms with van der Waals surface area (Å²) >= 11 is 0. The number of rotatable bonds is 5. The number of carbonyl (C=O) groups is 1. The third-order valence-electron chi connectivity index (χ3n) is 5.37. The number of hydrogen-bond donors (Lipinski definition) is 2. The van der Waals surface area contributed by atoms with Gasteiger partial charge in [-0.3, -0.25) is 24.4 Å². The third-order valence-corrected chi connectivity index (χ3v) is 5.37. The number of pyridine rings is 3. The molecule has 0 fully saturated rings. The second-order valence-electron chi connectivity index (χ2n) is 7.70. The Morgan fingerprint density at radius 1 is 1.21 bits per heavy atom. The lowest BCUT2D eigenvalue weighted by Crippen LogP contribution is -2.35. The van der Waals surface area contributed by atoms with Crippen LogP contribution < -0.4 is 16.4 Å². The van der Waals surface area contributed by atoms with Crippen molar-refractivity contribution in [2.75, 3.05) is 0 Å². The van der Waals surface area contributed by atoms with Crippen molar-refractivity contribution >= 4 is 22.6 Å². The quantitative estimate of drug-likeness (QED) is 0.407. The molecule has 33 heavy (non-hydrogen) atoms. The number of nitrogens with zero attached hydrogens (tertiary/aromatic N) is 4. The van der Waals surface area contributed by atoms with E-state index in [2.05, 4.69) is 15.3 Å². The zero-order valence-corrected chi connectivity index (χ0v) is 17.8. The van der Waals surface area contributed by atoms with Crippen LogP contribution in [0.25, 0.3) is 16.7 Å². The van der Waals surface area contributed by atoms with Gasteiger partial charge in [0.25, 0.3) is 11.5 Å². The topological polar surface area (TPSA) is 118 Å². The van der Waals surface area contributed by atoms with Gasteiger partial charge in [-0.05, 0) is 48.4 Å². The zero-order valence-electron chi connectivity index (χ0n) is 17.8. The SMILES string of the molecule is Cc1ccc2nc3c(cc(C(=O)NCc4cccnc4)c(=N)n3Cc3ccco3)c(=O)n2c1. The van der Waals surface area contributed by atoms with Crippen molar-refractivity contribution in [1.29, 1.82) is 5.41 Å². The lowest BCUT2D eigenvalue weighted by molar-refractivity contribution is 0.0948. The second-order valence-corrected chi connectivity index (χ2v) is 7.70. The maximum absolute atomic E-state index is 13.3. The highest BCUT2D eigenvalue weighted by Crippen LogP contribution is 2.13. The van der Waals surface area contributed by atoms with Crippen molar-refractivity contribution in [3.8, 4) is 0 Å². The van der Waals surface area contributed by atoms with Crippen molar-refractivity contribution < 1.29 is 9.21 Å². The van der Waals surface area contributed by atoms with Gasteiger partial charge in [-0.2, -0.15) is 0 Å². The van der Waals surface area contributed by atoms with Crippen LogP contribution in [-0.4, -0.2) is 24.8 Å². The lowest BCUT2D eigenvalue weighted by Gasteiger charge is -2.14. The van der Waals surface area contributed by atoms with E-state index in [-0.39, 0.29) is 35.1 Å². The van der Waals surface area contributed by atoms with Gasteiger partial charge in [0.2, 0.25) is 0 Å². The molecule has 9 heteroatoms. The molecule has 5 aromatic rings.